The highest BCUT2D eigenvalue weighted by molar-refractivity contribution is 5.87. The van der Waals surface area contributed by atoms with Crippen LogP contribution in [0.25, 0.3) is 0 Å². The minimum atomic E-state index is -5.20. The number of alkyl halides is 3. The van der Waals surface area contributed by atoms with E-state index in [1.54, 1.807) is 6.92 Å². The molecule has 0 fully saturated rings. The lowest BCUT2D eigenvalue weighted by atomic mass is 9.80. The number of allylic oxidation sites excluding steroid dienone is 1. The molecule has 0 bridgehead atoms. The second kappa shape index (κ2) is 9.29. The summed E-state index contributed by atoms with van der Waals surface area (Å²) in [5, 5.41) is 12.1. The van der Waals surface area contributed by atoms with Gasteiger partial charge in [0, 0.05) is 19.2 Å². The van der Waals surface area contributed by atoms with Gasteiger partial charge in [-0.3, -0.25) is 9.59 Å². The summed E-state index contributed by atoms with van der Waals surface area (Å²) in [5.41, 5.74) is -3.97. The molecule has 0 spiro atoms. The Balaban J connectivity index is 2.43. The fourth-order valence-electron chi connectivity index (χ4n) is 3.45. The predicted molar refractivity (Wildman–Crippen MR) is 98.1 cm³/mol. The van der Waals surface area contributed by atoms with Gasteiger partial charge in [0.1, 0.15) is 12.0 Å². The summed E-state index contributed by atoms with van der Waals surface area (Å²) in [6, 6.07) is 6.18. The largest absolute Gasteiger partial charge is 0.481 e. The standard InChI is InChI=1S/C20H22F3NO6/c1-3-24-16(25)13-10-7-11-14(15(13)17(26)27)30-18(28)19(29-2,20(21,22)23)12-8-5-4-6-9-12/h4-9,11,13-15H,3,10H2,1-2H3,(H,24,25)(H,26,27)/t13?,14?,15?,19-/m1/s1. The molecule has 1 amide bonds. The third-order valence-corrected chi connectivity index (χ3v) is 4.89. The van der Waals surface area contributed by atoms with E-state index in [0.717, 1.165) is 12.1 Å². The summed E-state index contributed by atoms with van der Waals surface area (Å²) >= 11 is 0. The summed E-state index contributed by atoms with van der Waals surface area (Å²) in [6.07, 6.45) is -4.16. The van der Waals surface area contributed by atoms with Gasteiger partial charge in [0.15, 0.2) is 0 Å². The van der Waals surface area contributed by atoms with Crippen LogP contribution in [0.4, 0.5) is 13.2 Å². The maximum absolute atomic E-state index is 14.0. The third-order valence-electron chi connectivity index (χ3n) is 4.89. The molecule has 0 aliphatic heterocycles. The molecule has 1 aromatic rings. The van der Waals surface area contributed by atoms with E-state index < -0.39 is 53.1 Å². The minimum absolute atomic E-state index is 0.0459. The van der Waals surface area contributed by atoms with E-state index >= 15 is 0 Å². The number of amides is 1. The second-order valence-corrected chi connectivity index (χ2v) is 6.65. The van der Waals surface area contributed by atoms with Crippen LogP contribution in [0, 0.1) is 11.8 Å². The first-order valence-corrected chi connectivity index (χ1v) is 9.15. The molecule has 30 heavy (non-hydrogen) atoms. The lowest BCUT2D eigenvalue weighted by molar-refractivity contribution is -0.278. The van der Waals surface area contributed by atoms with Crippen molar-refractivity contribution < 1.29 is 42.1 Å². The van der Waals surface area contributed by atoms with Crippen molar-refractivity contribution >= 4 is 17.8 Å². The summed E-state index contributed by atoms with van der Waals surface area (Å²) < 4.78 is 51.7. The number of nitrogens with one attached hydrogen (secondary N) is 1. The van der Waals surface area contributed by atoms with Crippen LogP contribution in [0.3, 0.4) is 0 Å². The van der Waals surface area contributed by atoms with Crippen molar-refractivity contribution in [3.8, 4) is 0 Å². The number of benzene rings is 1. The van der Waals surface area contributed by atoms with Gasteiger partial charge in [-0.2, -0.15) is 13.2 Å². The van der Waals surface area contributed by atoms with E-state index in [2.05, 4.69) is 10.1 Å². The van der Waals surface area contributed by atoms with E-state index in [1.165, 1.54) is 30.4 Å². The molecular formula is C20H22F3NO6. The first-order valence-electron chi connectivity index (χ1n) is 9.15. The van der Waals surface area contributed by atoms with Gasteiger partial charge in [-0.15, -0.1) is 0 Å². The Kier molecular flexibility index (Phi) is 7.25. The zero-order valence-electron chi connectivity index (χ0n) is 16.3. The Bertz CT molecular complexity index is 811. The summed E-state index contributed by atoms with van der Waals surface area (Å²) in [5.74, 6) is -6.54. The maximum atomic E-state index is 14.0. The fourth-order valence-corrected chi connectivity index (χ4v) is 3.45. The normalized spacial score (nSPS) is 23.3. The smallest absolute Gasteiger partial charge is 0.432 e. The van der Waals surface area contributed by atoms with Crippen molar-refractivity contribution in [1.29, 1.82) is 0 Å². The van der Waals surface area contributed by atoms with Crippen molar-refractivity contribution in [3.05, 3.63) is 48.0 Å². The number of halogens is 3. The first kappa shape index (κ1) is 23.4. The van der Waals surface area contributed by atoms with Gasteiger partial charge >= 0.3 is 18.1 Å². The van der Waals surface area contributed by atoms with Gasteiger partial charge < -0.3 is 19.9 Å². The Morgan fingerprint density at radius 1 is 1.20 bits per heavy atom. The monoisotopic (exact) mass is 429 g/mol. The highest BCUT2D eigenvalue weighted by Gasteiger charge is 2.64. The quantitative estimate of drug-likeness (QED) is 0.510. The van der Waals surface area contributed by atoms with Crippen molar-refractivity contribution in [3.63, 3.8) is 0 Å². The van der Waals surface area contributed by atoms with Crippen molar-refractivity contribution in [2.45, 2.75) is 31.2 Å². The van der Waals surface area contributed by atoms with E-state index in [-0.39, 0.29) is 13.0 Å². The molecule has 1 aliphatic carbocycles. The molecule has 164 valence electrons. The van der Waals surface area contributed by atoms with Crippen LogP contribution in [-0.4, -0.2) is 48.9 Å². The van der Waals surface area contributed by atoms with Crippen LogP contribution in [0.1, 0.15) is 18.9 Å². The van der Waals surface area contributed by atoms with Crippen LogP contribution in [0.15, 0.2) is 42.5 Å². The molecule has 3 unspecified atom stereocenters. The number of rotatable bonds is 7. The highest BCUT2D eigenvalue weighted by Crippen LogP contribution is 2.44. The Labute approximate surface area is 170 Å². The number of carbonyl (C=O) groups is 3. The molecule has 1 aromatic carbocycles. The first-order chi connectivity index (χ1) is 14.1. The maximum Gasteiger partial charge on any atom is 0.432 e. The van der Waals surface area contributed by atoms with E-state index in [4.69, 9.17) is 4.74 Å². The topological polar surface area (TPSA) is 102 Å². The Morgan fingerprint density at radius 2 is 1.83 bits per heavy atom. The van der Waals surface area contributed by atoms with E-state index in [9.17, 15) is 32.7 Å². The molecular weight excluding hydrogens is 407 g/mol. The number of carboxylic acids is 1. The SMILES string of the molecule is CCNC(=O)C1CC=CC(OC(=O)[C@](OC)(c2ccccc2)C(F)(F)F)C1C(=O)O. The number of hydrogen-bond donors (Lipinski definition) is 2. The number of hydrogen-bond acceptors (Lipinski definition) is 5. The second-order valence-electron chi connectivity index (χ2n) is 6.65. The number of methoxy groups -OCH3 is 1. The highest BCUT2D eigenvalue weighted by atomic mass is 19.4. The lowest BCUT2D eigenvalue weighted by Crippen LogP contribution is -2.54. The van der Waals surface area contributed by atoms with Crippen molar-refractivity contribution in [2.75, 3.05) is 13.7 Å². The van der Waals surface area contributed by atoms with Crippen LogP contribution in [0.5, 0.6) is 0 Å². The van der Waals surface area contributed by atoms with Gasteiger partial charge in [0.05, 0.1) is 5.92 Å². The molecule has 0 aromatic heterocycles. The number of esters is 1. The summed E-state index contributed by atoms with van der Waals surface area (Å²) in [7, 11) is 0.713. The zero-order valence-corrected chi connectivity index (χ0v) is 16.3. The van der Waals surface area contributed by atoms with Crippen LogP contribution >= 0.6 is 0 Å². The minimum Gasteiger partial charge on any atom is -0.481 e. The molecule has 0 radical (unpaired) electrons. The number of aliphatic carboxylic acids is 1. The molecule has 4 atom stereocenters. The van der Waals surface area contributed by atoms with Crippen LogP contribution in [0.2, 0.25) is 0 Å². The van der Waals surface area contributed by atoms with Gasteiger partial charge in [-0.1, -0.05) is 36.4 Å². The molecule has 0 saturated heterocycles. The average Bonchev–Trinajstić information content (AvgIpc) is 2.68. The molecule has 2 N–H and O–H groups in total. The van der Waals surface area contributed by atoms with Gasteiger partial charge in [0.25, 0.3) is 5.60 Å². The van der Waals surface area contributed by atoms with Gasteiger partial charge in [0.2, 0.25) is 5.91 Å². The zero-order chi connectivity index (χ0) is 22.5. The fraction of sp³-hybridized carbons (Fsp3) is 0.450. The Morgan fingerprint density at radius 3 is 2.33 bits per heavy atom. The molecule has 1 aliphatic rings. The van der Waals surface area contributed by atoms with Crippen molar-refractivity contribution in [1.82, 2.24) is 5.32 Å². The molecule has 0 saturated carbocycles. The lowest BCUT2D eigenvalue weighted by Gasteiger charge is -2.36. The van der Waals surface area contributed by atoms with Gasteiger partial charge in [-0.05, 0) is 19.4 Å². The van der Waals surface area contributed by atoms with Crippen LogP contribution < -0.4 is 5.32 Å². The molecule has 10 heteroatoms. The molecule has 2 rings (SSSR count). The van der Waals surface area contributed by atoms with Crippen LogP contribution in [-0.2, 0) is 29.5 Å². The van der Waals surface area contributed by atoms with E-state index in [0.29, 0.717) is 7.11 Å². The number of carboxylic acid groups (broad SMARTS) is 1. The third kappa shape index (κ3) is 4.33. The van der Waals surface area contributed by atoms with E-state index in [1.807, 2.05) is 0 Å². The Hall–Kier alpha value is -2.88. The number of ether oxygens (including phenoxy) is 2. The number of carbonyl (C=O) groups excluding carboxylic acids is 2. The average molecular weight is 429 g/mol. The summed E-state index contributed by atoms with van der Waals surface area (Å²) in [6.45, 7) is 1.88. The molecule has 0 heterocycles. The predicted octanol–water partition coefficient (Wildman–Crippen LogP) is 2.42. The summed E-state index contributed by atoms with van der Waals surface area (Å²) in [4.78, 5) is 36.8. The van der Waals surface area contributed by atoms with Gasteiger partial charge in [-0.25, -0.2) is 4.79 Å². The molecule has 7 nitrogen and oxygen atoms in total. The van der Waals surface area contributed by atoms with Crippen molar-refractivity contribution in [2.24, 2.45) is 11.8 Å².